The molecule has 0 unspecified atom stereocenters. The van der Waals surface area contributed by atoms with Gasteiger partial charge in [-0.25, -0.2) is 4.39 Å². The average Bonchev–Trinajstić information content (AvgIpc) is 2.30. The van der Waals surface area contributed by atoms with Crippen LogP contribution in [-0.2, 0) is 0 Å². The molecule has 2 aromatic rings. The molecular weight excluding hydrogens is 191 g/mol. The Labute approximate surface area is 87.1 Å². The summed E-state index contributed by atoms with van der Waals surface area (Å²) in [5.74, 6) is -0.258. The van der Waals surface area contributed by atoms with Crippen molar-refractivity contribution in [3.63, 3.8) is 0 Å². The van der Waals surface area contributed by atoms with Gasteiger partial charge in [0, 0.05) is 6.20 Å². The van der Waals surface area contributed by atoms with E-state index in [0.717, 1.165) is 5.69 Å². The Hall–Kier alpha value is -2.03. The third kappa shape index (κ3) is 2.71. The number of hydrogen-bond donors (Lipinski definition) is 0. The first-order valence-corrected chi connectivity index (χ1v) is 4.55. The standard InChI is InChI=1S/C12H9FN2/c13-10-4-6-11(7-5-10)15-9-12-3-1-2-8-14-12/h1-9H. The largest absolute Gasteiger partial charge is 0.255 e. The molecule has 0 aliphatic rings. The van der Waals surface area contributed by atoms with Crippen molar-refractivity contribution in [2.24, 2.45) is 4.99 Å². The Morgan fingerprint density at radius 3 is 2.53 bits per heavy atom. The van der Waals surface area contributed by atoms with E-state index in [1.54, 1.807) is 24.5 Å². The Morgan fingerprint density at radius 2 is 1.87 bits per heavy atom. The number of benzene rings is 1. The van der Waals surface area contributed by atoms with Gasteiger partial charge in [0.05, 0.1) is 17.6 Å². The van der Waals surface area contributed by atoms with Crippen molar-refractivity contribution in [2.45, 2.75) is 0 Å². The minimum absolute atomic E-state index is 0.258. The van der Waals surface area contributed by atoms with Crippen LogP contribution in [0.2, 0.25) is 0 Å². The maximum Gasteiger partial charge on any atom is 0.123 e. The SMILES string of the molecule is Fc1ccc(N=Cc2ccccn2)cc1. The van der Waals surface area contributed by atoms with Crippen LogP contribution in [0.15, 0.2) is 53.7 Å². The van der Waals surface area contributed by atoms with Crippen molar-refractivity contribution in [1.82, 2.24) is 4.98 Å². The predicted molar refractivity (Wildman–Crippen MR) is 57.9 cm³/mol. The highest BCUT2D eigenvalue weighted by molar-refractivity contribution is 5.79. The topological polar surface area (TPSA) is 25.2 Å². The molecule has 0 saturated carbocycles. The van der Waals surface area contributed by atoms with Crippen molar-refractivity contribution in [3.8, 4) is 0 Å². The van der Waals surface area contributed by atoms with Gasteiger partial charge < -0.3 is 0 Å². The van der Waals surface area contributed by atoms with Crippen LogP contribution >= 0.6 is 0 Å². The van der Waals surface area contributed by atoms with E-state index in [-0.39, 0.29) is 5.82 Å². The first-order chi connectivity index (χ1) is 7.34. The lowest BCUT2D eigenvalue weighted by molar-refractivity contribution is 0.628. The molecule has 0 amide bonds. The molecule has 3 heteroatoms. The zero-order valence-corrected chi connectivity index (χ0v) is 7.97. The molecule has 74 valence electrons. The Morgan fingerprint density at radius 1 is 1.07 bits per heavy atom. The monoisotopic (exact) mass is 200 g/mol. The quantitative estimate of drug-likeness (QED) is 0.684. The lowest BCUT2D eigenvalue weighted by Crippen LogP contribution is -1.83. The van der Waals surface area contributed by atoms with E-state index in [0.29, 0.717) is 5.69 Å². The van der Waals surface area contributed by atoms with E-state index in [1.165, 1.54) is 12.1 Å². The van der Waals surface area contributed by atoms with Crippen LogP contribution in [0.3, 0.4) is 0 Å². The molecule has 0 aliphatic heterocycles. The third-order valence-corrected chi connectivity index (χ3v) is 1.86. The minimum Gasteiger partial charge on any atom is -0.255 e. The van der Waals surface area contributed by atoms with Crippen LogP contribution in [0.1, 0.15) is 5.69 Å². The summed E-state index contributed by atoms with van der Waals surface area (Å²) in [6.07, 6.45) is 3.35. The molecule has 0 fully saturated rings. The number of aromatic nitrogens is 1. The second-order valence-corrected chi connectivity index (χ2v) is 2.99. The summed E-state index contributed by atoms with van der Waals surface area (Å²) >= 11 is 0. The fourth-order valence-electron chi connectivity index (χ4n) is 1.12. The number of pyridine rings is 1. The summed E-state index contributed by atoms with van der Waals surface area (Å²) in [4.78, 5) is 8.25. The third-order valence-electron chi connectivity index (χ3n) is 1.86. The lowest BCUT2D eigenvalue weighted by Gasteiger charge is -1.93. The number of rotatable bonds is 2. The minimum atomic E-state index is -0.258. The summed E-state index contributed by atoms with van der Waals surface area (Å²) in [5, 5.41) is 0. The number of halogens is 1. The van der Waals surface area contributed by atoms with Crippen LogP contribution in [0, 0.1) is 5.82 Å². The maximum absolute atomic E-state index is 12.6. The zero-order valence-electron chi connectivity index (χ0n) is 7.97. The molecule has 1 aromatic heterocycles. The molecule has 15 heavy (non-hydrogen) atoms. The van der Waals surface area contributed by atoms with Gasteiger partial charge in [-0.1, -0.05) is 6.07 Å². The first kappa shape index (κ1) is 9.52. The fraction of sp³-hybridized carbons (Fsp3) is 0. The smallest absolute Gasteiger partial charge is 0.123 e. The average molecular weight is 200 g/mol. The van der Waals surface area contributed by atoms with Gasteiger partial charge in [0.25, 0.3) is 0 Å². The number of aliphatic imine (C=N–C) groups is 1. The van der Waals surface area contributed by atoms with Gasteiger partial charge in [-0.15, -0.1) is 0 Å². The second-order valence-electron chi connectivity index (χ2n) is 2.99. The van der Waals surface area contributed by atoms with E-state index in [2.05, 4.69) is 9.98 Å². The molecule has 0 radical (unpaired) electrons. The van der Waals surface area contributed by atoms with E-state index in [1.807, 2.05) is 18.2 Å². The summed E-state index contributed by atoms with van der Waals surface area (Å²) in [5.41, 5.74) is 1.49. The van der Waals surface area contributed by atoms with E-state index in [4.69, 9.17) is 0 Å². The van der Waals surface area contributed by atoms with Crippen molar-refractivity contribution < 1.29 is 4.39 Å². The van der Waals surface area contributed by atoms with Gasteiger partial charge in [0.15, 0.2) is 0 Å². The van der Waals surface area contributed by atoms with Crippen molar-refractivity contribution in [2.75, 3.05) is 0 Å². The molecular formula is C12H9FN2. The predicted octanol–water partition coefficient (Wildman–Crippen LogP) is 2.97. The van der Waals surface area contributed by atoms with Crippen LogP contribution in [0.25, 0.3) is 0 Å². The molecule has 0 saturated heterocycles. The zero-order chi connectivity index (χ0) is 10.5. The van der Waals surface area contributed by atoms with Crippen LogP contribution in [0.5, 0.6) is 0 Å². The maximum atomic E-state index is 12.6. The molecule has 0 atom stereocenters. The molecule has 1 heterocycles. The van der Waals surface area contributed by atoms with Gasteiger partial charge in [-0.2, -0.15) is 0 Å². The molecule has 1 aromatic carbocycles. The Bertz CT molecular complexity index is 449. The molecule has 0 aliphatic carbocycles. The lowest BCUT2D eigenvalue weighted by atomic mass is 10.3. The van der Waals surface area contributed by atoms with Gasteiger partial charge in [-0.3, -0.25) is 9.98 Å². The van der Waals surface area contributed by atoms with Crippen molar-refractivity contribution >= 4 is 11.9 Å². The Balaban J connectivity index is 2.15. The highest BCUT2D eigenvalue weighted by Crippen LogP contribution is 2.11. The highest BCUT2D eigenvalue weighted by atomic mass is 19.1. The van der Waals surface area contributed by atoms with Crippen LogP contribution in [-0.4, -0.2) is 11.2 Å². The van der Waals surface area contributed by atoms with Gasteiger partial charge in [-0.05, 0) is 36.4 Å². The van der Waals surface area contributed by atoms with Crippen molar-refractivity contribution in [3.05, 3.63) is 60.2 Å². The normalized spacial score (nSPS) is 10.7. The van der Waals surface area contributed by atoms with E-state index < -0.39 is 0 Å². The second kappa shape index (κ2) is 4.46. The number of nitrogens with zero attached hydrogens (tertiary/aromatic N) is 2. The highest BCUT2D eigenvalue weighted by Gasteiger charge is 1.90. The van der Waals surface area contributed by atoms with Gasteiger partial charge >= 0.3 is 0 Å². The number of hydrogen-bond acceptors (Lipinski definition) is 2. The van der Waals surface area contributed by atoms with Crippen LogP contribution in [0.4, 0.5) is 10.1 Å². The Kier molecular flexibility index (Phi) is 2.83. The van der Waals surface area contributed by atoms with E-state index in [9.17, 15) is 4.39 Å². The summed E-state index contributed by atoms with van der Waals surface area (Å²) in [6.45, 7) is 0. The molecule has 0 spiro atoms. The summed E-state index contributed by atoms with van der Waals surface area (Å²) in [6, 6.07) is 11.6. The van der Waals surface area contributed by atoms with E-state index >= 15 is 0 Å². The van der Waals surface area contributed by atoms with Crippen LogP contribution < -0.4 is 0 Å². The molecule has 2 rings (SSSR count). The molecule has 0 bridgehead atoms. The van der Waals surface area contributed by atoms with Gasteiger partial charge in [0.1, 0.15) is 5.82 Å². The summed E-state index contributed by atoms with van der Waals surface area (Å²) in [7, 11) is 0. The fourth-order valence-corrected chi connectivity index (χ4v) is 1.12. The van der Waals surface area contributed by atoms with Gasteiger partial charge in [0.2, 0.25) is 0 Å². The van der Waals surface area contributed by atoms with Crippen molar-refractivity contribution in [1.29, 1.82) is 0 Å². The first-order valence-electron chi connectivity index (χ1n) is 4.55. The summed E-state index contributed by atoms with van der Waals surface area (Å²) < 4.78 is 12.6. The molecule has 0 N–H and O–H groups in total. The molecule has 2 nitrogen and oxygen atoms in total.